The molecule has 1 aromatic rings. The monoisotopic (exact) mass is 334 g/mol. The molecule has 2 rings (SSSR count). The van der Waals surface area contributed by atoms with Crippen LogP contribution in [0.5, 0.6) is 0 Å². The molecule has 0 amide bonds. The van der Waals surface area contributed by atoms with Gasteiger partial charge in [0.25, 0.3) is 0 Å². The largest absolute Gasteiger partial charge is 0.313 e. The van der Waals surface area contributed by atoms with E-state index in [2.05, 4.69) is 31.0 Å². The van der Waals surface area contributed by atoms with Gasteiger partial charge in [0.2, 0.25) is 0 Å². The quantitative estimate of drug-likeness (QED) is 0.801. The predicted molar refractivity (Wildman–Crippen MR) is 90.2 cm³/mol. The van der Waals surface area contributed by atoms with Gasteiger partial charge in [-0.25, -0.2) is 0 Å². The van der Waals surface area contributed by atoms with Gasteiger partial charge in [0.1, 0.15) is 0 Å². The Morgan fingerprint density at radius 1 is 1.40 bits per heavy atom. The van der Waals surface area contributed by atoms with Crippen LogP contribution in [0.1, 0.15) is 45.2 Å². The van der Waals surface area contributed by atoms with Crippen LogP contribution in [0.4, 0.5) is 0 Å². The van der Waals surface area contributed by atoms with E-state index < -0.39 is 0 Å². The highest BCUT2D eigenvalue weighted by Crippen LogP contribution is 2.37. The zero-order valence-electron chi connectivity index (χ0n) is 12.5. The van der Waals surface area contributed by atoms with Crippen LogP contribution in [-0.2, 0) is 0 Å². The Kier molecular flexibility index (Phi) is 6.18. The molecule has 0 bridgehead atoms. The maximum atomic E-state index is 6.33. The van der Waals surface area contributed by atoms with Crippen LogP contribution in [0.2, 0.25) is 8.67 Å². The number of hydrogen-bond donors (Lipinski definition) is 1. The minimum Gasteiger partial charge on any atom is -0.313 e. The second kappa shape index (κ2) is 7.46. The molecule has 2 atom stereocenters. The Labute approximate surface area is 136 Å². The normalized spacial score (nSPS) is 21.1. The van der Waals surface area contributed by atoms with Crippen molar-refractivity contribution in [1.82, 2.24) is 10.2 Å². The third kappa shape index (κ3) is 4.35. The molecule has 0 radical (unpaired) electrons. The van der Waals surface area contributed by atoms with Crippen LogP contribution in [0.25, 0.3) is 0 Å². The summed E-state index contributed by atoms with van der Waals surface area (Å²) in [5.41, 5.74) is 1.17. The highest BCUT2D eigenvalue weighted by atomic mass is 35.5. The Hall–Kier alpha value is 0.200. The molecule has 0 spiro atoms. The fraction of sp³-hybridized carbons (Fsp3) is 0.733. The molecule has 2 nitrogen and oxygen atoms in total. The average Bonchev–Trinajstić information content (AvgIpc) is 2.96. The summed E-state index contributed by atoms with van der Waals surface area (Å²) in [5, 5.41) is 3.59. The minimum absolute atomic E-state index is 0.316. The van der Waals surface area contributed by atoms with Gasteiger partial charge in [0.15, 0.2) is 0 Å². The van der Waals surface area contributed by atoms with Crippen molar-refractivity contribution in [3.63, 3.8) is 0 Å². The topological polar surface area (TPSA) is 15.3 Å². The molecule has 1 fully saturated rings. The third-order valence-electron chi connectivity index (χ3n) is 3.90. The summed E-state index contributed by atoms with van der Waals surface area (Å²) < 4.78 is 1.61. The molecule has 1 aromatic heterocycles. The third-order valence-corrected chi connectivity index (χ3v) is 5.42. The Bertz CT molecular complexity index is 428. The van der Waals surface area contributed by atoms with E-state index in [4.69, 9.17) is 23.2 Å². The number of thiophene rings is 1. The smallest absolute Gasteiger partial charge is 0.0991 e. The van der Waals surface area contributed by atoms with Crippen LogP contribution in [0, 0.1) is 5.92 Å². The number of nitrogens with zero attached hydrogens (tertiary/aromatic N) is 1. The Balaban J connectivity index is 2.09. The molecular formula is C15H24Cl2N2S. The zero-order valence-corrected chi connectivity index (χ0v) is 14.8. The molecule has 0 saturated carbocycles. The zero-order chi connectivity index (χ0) is 14.7. The minimum atomic E-state index is 0.316. The fourth-order valence-corrected chi connectivity index (χ4v) is 4.52. The predicted octanol–water partition coefficient (Wildman–Crippen LogP) is 4.83. The van der Waals surface area contributed by atoms with Gasteiger partial charge in [-0.05, 0) is 38.3 Å². The van der Waals surface area contributed by atoms with Crippen molar-refractivity contribution in [2.24, 2.45) is 5.92 Å². The van der Waals surface area contributed by atoms with Crippen molar-refractivity contribution in [3.05, 3.63) is 20.3 Å². The molecule has 2 heterocycles. The lowest BCUT2D eigenvalue weighted by Crippen LogP contribution is -2.40. The summed E-state index contributed by atoms with van der Waals surface area (Å²) in [7, 11) is 0. The molecule has 1 aliphatic heterocycles. The van der Waals surface area contributed by atoms with Crippen molar-refractivity contribution in [1.29, 1.82) is 0 Å². The number of nitrogens with one attached hydrogen (secondary N) is 1. The molecule has 20 heavy (non-hydrogen) atoms. The Morgan fingerprint density at radius 3 is 2.65 bits per heavy atom. The van der Waals surface area contributed by atoms with Gasteiger partial charge in [-0.2, -0.15) is 0 Å². The van der Waals surface area contributed by atoms with Crippen molar-refractivity contribution in [2.75, 3.05) is 19.6 Å². The molecule has 5 heteroatoms. The lowest BCUT2D eigenvalue weighted by atomic mass is 10.1. The maximum Gasteiger partial charge on any atom is 0.0991 e. The maximum absolute atomic E-state index is 6.33. The van der Waals surface area contributed by atoms with Gasteiger partial charge >= 0.3 is 0 Å². The molecule has 1 aliphatic rings. The van der Waals surface area contributed by atoms with E-state index in [1.807, 2.05) is 6.07 Å². The summed E-state index contributed by atoms with van der Waals surface area (Å²) in [5.74, 6) is 0.645. The molecule has 0 aliphatic carbocycles. The molecule has 1 N–H and O–H groups in total. The summed E-state index contributed by atoms with van der Waals surface area (Å²) >= 11 is 13.9. The number of hydrogen-bond acceptors (Lipinski definition) is 3. The van der Waals surface area contributed by atoms with Gasteiger partial charge in [-0.1, -0.05) is 37.0 Å². The van der Waals surface area contributed by atoms with E-state index in [0.717, 1.165) is 28.3 Å². The summed E-state index contributed by atoms with van der Waals surface area (Å²) in [6, 6.07) is 2.95. The molecule has 114 valence electrons. The number of halogens is 2. The van der Waals surface area contributed by atoms with Gasteiger partial charge in [-0.3, -0.25) is 4.90 Å². The molecule has 0 aromatic carbocycles. The van der Waals surface area contributed by atoms with Crippen LogP contribution in [-0.4, -0.2) is 30.6 Å². The van der Waals surface area contributed by atoms with Crippen LogP contribution in [0.15, 0.2) is 6.07 Å². The van der Waals surface area contributed by atoms with E-state index in [1.165, 1.54) is 29.7 Å². The first-order chi connectivity index (χ1) is 9.47. The van der Waals surface area contributed by atoms with Gasteiger partial charge in [0, 0.05) is 30.7 Å². The first kappa shape index (κ1) is 16.6. The van der Waals surface area contributed by atoms with Gasteiger partial charge in [0.05, 0.1) is 8.67 Å². The first-order valence-corrected chi connectivity index (χ1v) is 8.96. The summed E-state index contributed by atoms with van der Waals surface area (Å²) in [4.78, 5) is 2.54. The summed E-state index contributed by atoms with van der Waals surface area (Å²) in [6.45, 7) is 10.1. The first-order valence-electron chi connectivity index (χ1n) is 7.39. The van der Waals surface area contributed by atoms with Crippen molar-refractivity contribution in [3.8, 4) is 0 Å². The van der Waals surface area contributed by atoms with Crippen molar-refractivity contribution in [2.45, 2.75) is 45.7 Å². The van der Waals surface area contributed by atoms with E-state index in [9.17, 15) is 0 Å². The standard InChI is InChI=1S/C15H24Cl2N2S/c1-10(2)8-19(9-12-5-4-6-18-12)11(3)13-7-14(16)20-15(13)17/h7,10-12,18H,4-6,8-9H2,1-3H3. The average molecular weight is 335 g/mol. The number of rotatable bonds is 6. The summed E-state index contributed by atoms with van der Waals surface area (Å²) in [6.07, 6.45) is 2.57. The second-order valence-corrected chi connectivity index (χ2v) is 8.38. The second-order valence-electron chi connectivity index (χ2n) is 6.10. The van der Waals surface area contributed by atoms with Crippen LogP contribution < -0.4 is 5.32 Å². The highest BCUT2D eigenvalue weighted by Gasteiger charge is 2.25. The molecular weight excluding hydrogens is 311 g/mol. The molecule has 2 unspecified atom stereocenters. The molecule has 1 saturated heterocycles. The highest BCUT2D eigenvalue weighted by molar-refractivity contribution is 7.20. The Morgan fingerprint density at radius 2 is 2.15 bits per heavy atom. The van der Waals surface area contributed by atoms with Crippen LogP contribution >= 0.6 is 34.5 Å². The van der Waals surface area contributed by atoms with E-state index >= 15 is 0 Å². The SMILES string of the molecule is CC(C)CN(CC1CCCN1)C(C)c1cc(Cl)sc1Cl. The van der Waals surface area contributed by atoms with Crippen molar-refractivity contribution < 1.29 is 0 Å². The van der Waals surface area contributed by atoms with Gasteiger partial charge in [-0.15, -0.1) is 11.3 Å². The van der Waals surface area contributed by atoms with E-state index in [-0.39, 0.29) is 0 Å². The van der Waals surface area contributed by atoms with Gasteiger partial charge < -0.3 is 5.32 Å². The van der Waals surface area contributed by atoms with E-state index in [1.54, 1.807) is 0 Å². The lowest BCUT2D eigenvalue weighted by molar-refractivity contribution is 0.172. The lowest BCUT2D eigenvalue weighted by Gasteiger charge is -2.32. The fourth-order valence-electron chi connectivity index (χ4n) is 2.89. The van der Waals surface area contributed by atoms with Crippen LogP contribution in [0.3, 0.4) is 0 Å². The van der Waals surface area contributed by atoms with Crippen molar-refractivity contribution >= 4 is 34.5 Å². The van der Waals surface area contributed by atoms with E-state index in [0.29, 0.717) is 18.0 Å².